The van der Waals surface area contributed by atoms with Gasteiger partial charge in [-0.25, -0.2) is 0 Å². The minimum absolute atomic E-state index is 0.234. The molecule has 0 aliphatic carbocycles. The van der Waals surface area contributed by atoms with Crippen molar-refractivity contribution in [3.63, 3.8) is 0 Å². The highest BCUT2D eigenvalue weighted by Gasteiger charge is 2.30. The van der Waals surface area contributed by atoms with Gasteiger partial charge in [0.1, 0.15) is 11.8 Å². The first-order valence-electron chi connectivity index (χ1n) is 10.6. The molecule has 0 unspecified atom stereocenters. The van der Waals surface area contributed by atoms with Crippen molar-refractivity contribution < 1.29 is 14.3 Å². The van der Waals surface area contributed by atoms with Crippen molar-refractivity contribution >= 4 is 39.3 Å². The Morgan fingerprint density at radius 2 is 1.76 bits per heavy atom. The van der Waals surface area contributed by atoms with Gasteiger partial charge >= 0.3 is 0 Å². The second-order valence-electron chi connectivity index (χ2n) is 7.63. The molecule has 0 aliphatic rings. The molecule has 0 fully saturated rings. The Kier molecular flexibility index (Phi) is 8.92. The third-order valence-electron chi connectivity index (χ3n) is 5.36. The molecule has 0 aliphatic heterocycles. The number of carbonyl (C=O) groups is 2. The molecule has 0 radical (unpaired) electrons. The number of benzene rings is 3. The predicted octanol–water partition coefficient (Wildman–Crippen LogP) is 5.18. The van der Waals surface area contributed by atoms with Crippen LogP contribution in [0.5, 0.6) is 5.75 Å². The van der Waals surface area contributed by atoms with Crippen LogP contribution in [0.1, 0.15) is 16.7 Å². The van der Waals surface area contributed by atoms with E-state index in [4.69, 9.17) is 16.3 Å². The lowest BCUT2D eigenvalue weighted by Crippen LogP contribution is -2.51. The molecule has 1 atom stereocenters. The summed E-state index contributed by atoms with van der Waals surface area (Å²) in [7, 11) is 1.58. The van der Waals surface area contributed by atoms with E-state index >= 15 is 0 Å². The van der Waals surface area contributed by atoms with Gasteiger partial charge in [-0.2, -0.15) is 0 Å². The molecule has 2 amide bonds. The molecule has 33 heavy (non-hydrogen) atoms. The Labute approximate surface area is 207 Å². The van der Waals surface area contributed by atoms with Gasteiger partial charge < -0.3 is 15.0 Å². The Morgan fingerprint density at radius 3 is 2.42 bits per heavy atom. The van der Waals surface area contributed by atoms with Crippen LogP contribution in [-0.2, 0) is 22.6 Å². The van der Waals surface area contributed by atoms with Crippen molar-refractivity contribution in [2.45, 2.75) is 25.9 Å². The highest BCUT2D eigenvalue weighted by atomic mass is 79.9. The van der Waals surface area contributed by atoms with Crippen LogP contribution in [-0.4, -0.2) is 36.4 Å². The molecule has 0 bridgehead atoms. The summed E-state index contributed by atoms with van der Waals surface area (Å²) < 4.78 is 6.56. The standard InChI is InChI=1S/C26H26BrClN2O3/c1-18-8-6-7-11-20(18)16-30(23(26(32)29-2)14-19-9-4-3-5-10-19)25(31)17-33-24-13-12-21(27)15-22(24)28/h3-13,15,23H,14,16-17H2,1-2H3,(H,29,32)/t23-/m1/s1. The van der Waals surface area contributed by atoms with Gasteiger partial charge in [0.2, 0.25) is 5.91 Å². The van der Waals surface area contributed by atoms with Gasteiger partial charge in [0, 0.05) is 24.5 Å². The molecule has 3 aromatic rings. The van der Waals surface area contributed by atoms with Crippen molar-refractivity contribution in [1.82, 2.24) is 10.2 Å². The summed E-state index contributed by atoms with van der Waals surface area (Å²) in [6.45, 7) is 2.03. The molecular formula is C26H26BrClN2O3. The minimum atomic E-state index is -0.700. The molecule has 0 aromatic heterocycles. The van der Waals surface area contributed by atoms with Crippen molar-refractivity contribution in [2.24, 2.45) is 0 Å². The van der Waals surface area contributed by atoms with E-state index in [1.165, 1.54) is 0 Å². The SMILES string of the molecule is CNC(=O)[C@@H](Cc1ccccc1)N(Cc1ccccc1C)C(=O)COc1ccc(Br)cc1Cl. The first kappa shape index (κ1) is 24.8. The van der Waals surface area contributed by atoms with E-state index in [1.807, 2.05) is 61.5 Å². The number of nitrogens with zero attached hydrogens (tertiary/aromatic N) is 1. The molecule has 3 aromatic carbocycles. The van der Waals surface area contributed by atoms with Crippen LogP contribution in [0.25, 0.3) is 0 Å². The van der Waals surface area contributed by atoms with Crippen LogP contribution in [0.2, 0.25) is 5.02 Å². The molecule has 0 saturated carbocycles. The number of hydrogen-bond donors (Lipinski definition) is 1. The zero-order valence-corrected chi connectivity index (χ0v) is 20.9. The molecule has 3 rings (SSSR count). The quantitative estimate of drug-likeness (QED) is 0.416. The van der Waals surface area contributed by atoms with E-state index in [-0.39, 0.29) is 25.0 Å². The summed E-state index contributed by atoms with van der Waals surface area (Å²) in [5.41, 5.74) is 2.97. The van der Waals surface area contributed by atoms with Gasteiger partial charge in [-0.1, -0.05) is 82.1 Å². The average Bonchev–Trinajstić information content (AvgIpc) is 2.82. The second kappa shape index (κ2) is 11.9. The topological polar surface area (TPSA) is 58.6 Å². The number of rotatable bonds is 9. The first-order chi connectivity index (χ1) is 15.9. The lowest BCUT2D eigenvalue weighted by atomic mass is 10.0. The summed E-state index contributed by atoms with van der Waals surface area (Å²) in [6.07, 6.45) is 0.386. The summed E-state index contributed by atoms with van der Waals surface area (Å²) in [6, 6.07) is 22.0. The first-order valence-corrected chi connectivity index (χ1v) is 11.7. The van der Waals surface area contributed by atoms with Gasteiger partial charge in [-0.05, 0) is 41.8 Å². The van der Waals surface area contributed by atoms with Crippen LogP contribution < -0.4 is 10.1 Å². The van der Waals surface area contributed by atoms with Gasteiger partial charge in [-0.15, -0.1) is 0 Å². The minimum Gasteiger partial charge on any atom is -0.482 e. The fourth-order valence-corrected chi connectivity index (χ4v) is 4.23. The van der Waals surface area contributed by atoms with Gasteiger partial charge in [0.15, 0.2) is 6.61 Å². The van der Waals surface area contributed by atoms with E-state index in [2.05, 4.69) is 21.2 Å². The number of aryl methyl sites for hydroxylation is 1. The molecule has 5 nitrogen and oxygen atoms in total. The number of carbonyl (C=O) groups excluding carboxylic acids is 2. The Hall–Kier alpha value is -2.83. The number of amides is 2. The van der Waals surface area contributed by atoms with Crippen molar-refractivity contribution in [3.8, 4) is 5.75 Å². The van der Waals surface area contributed by atoms with Crippen molar-refractivity contribution in [1.29, 1.82) is 0 Å². The highest BCUT2D eigenvalue weighted by molar-refractivity contribution is 9.10. The van der Waals surface area contributed by atoms with Crippen LogP contribution in [0.3, 0.4) is 0 Å². The molecule has 0 spiro atoms. The summed E-state index contributed by atoms with van der Waals surface area (Å²) in [5, 5.41) is 3.11. The largest absolute Gasteiger partial charge is 0.482 e. The smallest absolute Gasteiger partial charge is 0.261 e. The van der Waals surface area contributed by atoms with E-state index in [1.54, 1.807) is 30.1 Å². The zero-order chi connectivity index (χ0) is 23.8. The fraction of sp³-hybridized carbons (Fsp3) is 0.231. The van der Waals surface area contributed by atoms with E-state index in [0.717, 1.165) is 21.2 Å². The van der Waals surface area contributed by atoms with Gasteiger partial charge in [0.25, 0.3) is 5.91 Å². The number of halogens is 2. The molecule has 7 heteroatoms. The maximum atomic E-state index is 13.4. The Balaban J connectivity index is 1.89. The van der Waals surface area contributed by atoms with Crippen molar-refractivity contribution in [2.75, 3.05) is 13.7 Å². The second-order valence-corrected chi connectivity index (χ2v) is 8.95. The third-order valence-corrected chi connectivity index (χ3v) is 6.15. The van der Waals surface area contributed by atoms with Crippen LogP contribution >= 0.6 is 27.5 Å². The predicted molar refractivity (Wildman–Crippen MR) is 134 cm³/mol. The Bertz CT molecular complexity index is 1110. The summed E-state index contributed by atoms with van der Waals surface area (Å²) in [4.78, 5) is 27.9. The Morgan fingerprint density at radius 1 is 1.06 bits per heavy atom. The third kappa shape index (κ3) is 6.83. The van der Waals surface area contributed by atoms with Crippen molar-refractivity contribution in [3.05, 3.63) is 99.0 Å². The lowest BCUT2D eigenvalue weighted by Gasteiger charge is -2.31. The number of likely N-dealkylation sites (N-methyl/N-ethyl adjacent to an activating group) is 1. The molecule has 0 heterocycles. The van der Waals surface area contributed by atoms with Gasteiger partial charge in [0.05, 0.1) is 5.02 Å². The van der Waals surface area contributed by atoms with Gasteiger partial charge in [-0.3, -0.25) is 9.59 Å². The maximum Gasteiger partial charge on any atom is 0.261 e. The molecule has 0 saturated heterocycles. The lowest BCUT2D eigenvalue weighted by molar-refractivity contribution is -0.142. The fourth-order valence-electron chi connectivity index (χ4n) is 3.51. The van der Waals surface area contributed by atoms with Crippen LogP contribution in [0.4, 0.5) is 0 Å². The zero-order valence-electron chi connectivity index (χ0n) is 18.6. The van der Waals surface area contributed by atoms with Crippen LogP contribution in [0, 0.1) is 6.92 Å². The number of ether oxygens (including phenoxy) is 1. The highest BCUT2D eigenvalue weighted by Crippen LogP contribution is 2.28. The number of nitrogens with one attached hydrogen (secondary N) is 1. The normalized spacial score (nSPS) is 11.5. The average molecular weight is 530 g/mol. The van der Waals surface area contributed by atoms with E-state index < -0.39 is 6.04 Å². The molecular weight excluding hydrogens is 504 g/mol. The number of hydrogen-bond acceptors (Lipinski definition) is 3. The van der Waals surface area contributed by atoms with E-state index in [9.17, 15) is 9.59 Å². The molecule has 1 N–H and O–H groups in total. The van der Waals surface area contributed by atoms with E-state index in [0.29, 0.717) is 17.2 Å². The molecule has 172 valence electrons. The monoisotopic (exact) mass is 528 g/mol. The maximum absolute atomic E-state index is 13.4. The summed E-state index contributed by atoms with van der Waals surface area (Å²) >= 11 is 9.60. The van der Waals surface area contributed by atoms with Crippen LogP contribution in [0.15, 0.2) is 77.3 Å². The summed E-state index contributed by atoms with van der Waals surface area (Å²) in [5.74, 6) is -0.132.